The van der Waals surface area contributed by atoms with Crippen molar-refractivity contribution >= 4 is 22.4 Å². The molecule has 0 unspecified atom stereocenters. The molecular formula is C23H30N6OS. The van der Waals surface area contributed by atoms with Crippen LogP contribution in [-0.2, 0) is 13.0 Å². The second-order valence-electron chi connectivity index (χ2n) is 8.51. The molecule has 0 bridgehead atoms. The minimum absolute atomic E-state index is 0.162. The molecule has 2 aromatic heterocycles. The number of benzene rings is 1. The van der Waals surface area contributed by atoms with E-state index in [0.29, 0.717) is 17.2 Å². The maximum Gasteiger partial charge on any atom is 0.257 e. The Morgan fingerprint density at radius 1 is 1.16 bits per heavy atom. The number of rotatable bonds is 7. The van der Waals surface area contributed by atoms with Crippen LogP contribution < -0.4 is 5.32 Å². The molecule has 31 heavy (non-hydrogen) atoms. The largest absolute Gasteiger partial charge is 0.303 e. The molecule has 4 rings (SSSR count). The van der Waals surface area contributed by atoms with E-state index in [-0.39, 0.29) is 5.91 Å². The van der Waals surface area contributed by atoms with Crippen LogP contribution in [0, 0.1) is 19.8 Å². The summed E-state index contributed by atoms with van der Waals surface area (Å²) in [4.78, 5) is 15.1. The molecule has 1 amide bonds. The van der Waals surface area contributed by atoms with E-state index >= 15 is 0 Å². The van der Waals surface area contributed by atoms with Crippen LogP contribution in [0.25, 0.3) is 0 Å². The molecule has 1 aliphatic heterocycles. The zero-order valence-corrected chi connectivity index (χ0v) is 19.3. The number of piperidine rings is 1. The number of hydrogen-bond donors (Lipinski definition) is 1. The molecule has 1 fully saturated rings. The summed E-state index contributed by atoms with van der Waals surface area (Å²) in [6.45, 7) is 10.4. The number of nitrogens with zero attached hydrogens (tertiary/aromatic N) is 5. The van der Waals surface area contributed by atoms with Crippen molar-refractivity contribution in [2.75, 3.05) is 25.0 Å². The standard InChI is InChI=1S/C23H30N6OS/c1-16-8-11-28(12-9-16)13-10-21-25-26-23(31-21)24-22(30)20-6-4-19(5-7-20)15-29-18(3)14-17(2)27-29/h4-7,14,16H,8-13,15H2,1-3H3,(H,24,26,30). The highest BCUT2D eigenvalue weighted by molar-refractivity contribution is 7.15. The Labute approximate surface area is 187 Å². The van der Waals surface area contributed by atoms with E-state index in [1.54, 1.807) is 0 Å². The molecule has 0 atom stereocenters. The maximum atomic E-state index is 12.6. The van der Waals surface area contributed by atoms with Crippen molar-refractivity contribution in [3.63, 3.8) is 0 Å². The van der Waals surface area contributed by atoms with E-state index in [1.807, 2.05) is 42.8 Å². The average molecular weight is 439 g/mol. The van der Waals surface area contributed by atoms with Gasteiger partial charge in [0.15, 0.2) is 0 Å². The predicted molar refractivity (Wildman–Crippen MR) is 124 cm³/mol. The van der Waals surface area contributed by atoms with Crippen molar-refractivity contribution in [1.29, 1.82) is 0 Å². The molecule has 3 aromatic rings. The number of likely N-dealkylation sites (tertiary alicyclic amines) is 1. The van der Waals surface area contributed by atoms with Crippen molar-refractivity contribution in [1.82, 2.24) is 24.9 Å². The van der Waals surface area contributed by atoms with Crippen LogP contribution in [0.3, 0.4) is 0 Å². The van der Waals surface area contributed by atoms with Gasteiger partial charge in [-0.3, -0.25) is 14.8 Å². The van der Waals surface area contributed by atoms with Crippen LogP contribution in [-0.4, -0.2) is 50.4 Å². The van der Waals surface area contributed by atoms with Gasteiger partial charge in [-0.25, -0.2) is 0 Å². The Hall–Kier alpha value is -2.58. The summed E-state index contributed by atoms with van der Waals surface area (Å²) in [5.74, 6) is 0.679. The van der Waals surface area contributed by atoms with E-state index in [0.717, 1.165) is 40.8 Å². The number of aryl methyl sites for hydroxylation is 2. The van der Waals surface area contributed by atoms with Crippen molar-refractivity contribution in [2.45, 2.75) is 46.6 Å². The zero-order valence-electron chi connectivity index (χ0n) is 18.5. The summed E-state index contributed by atoms with van der Waals surface area (Å²) in [5, 5.41) is 17.3. The number of hydrogen-bond acceptors (Lipinski definition) is 6. The molecule has 0 spiro atoms. The first kappa shape index (κ1) is 21.6. The first-order valence-electron chi connectivity index (χ1n) is 10.9. The van der Waals surface area contributed by atoms with Crippen molar-refractivity contribution in [3.8, 4) is 0 Å². The minimum atomic E-state index is -0.162. The molecule has 1 aromatic carbocycles. The van der Waals surface area contributed by atoms with Gasteiger partial charge in [-0.15, -0.1) is 10.2 Å². The Balaban J connectivity index is 1.28. The molecule has 164 valence electrons. The third kappa shape index (κ3) is 5.77. The molecule has 1 N–H and O–H groups in total. The molecule has 0 aliphatic carbocycles. The van der Waals surface area contributed by atoms with E-state index in [1.165, 1.54) is 37.3 Å². The van der Waals surface area contributed by atoms with Gasteiger partial charge in [0.1, 0.15) is 5.01 Å². The predicted octanol–water partition coefficient (Wildman–Crippen LogP) is 3.93. The zero-order chi connectivity index (χ0) is 21.8. The van der Waals surface area contributed by atoms with E-state index in [9.17, 15) is 4.79 Å². The molecule has 0 saturated carbocycles. The summed E-state index contributed by atoms with van der Waals surface area (Å²) in [7, 11) is 0. The number of aromatic nitrogens is 4. The van der Waals surface area contributed by atoms with Crippen molar-refractivity contribution in [3.05, 3.63) is 57.9 Å². The summed E-state index contributed by atoms with van der Waals surface area (Å²) < 4.78 is 1.97. The number of anilines is 1. The number of nitrogens with one attached hydrogen (secondary N) is 1. The minimum Gasteiger partial charge on any atom is -0.303 e. The quantitative estimate of drug-likeness (QED) is 0.605. The molecule has 8 heteroatoms. The lowest BCUT2D eigenvalue weighted by Gasteiger charge is -2.29. The van der Waals surface area contributed by atoms with Gasteiger partial charge in [0, 0.05) is 24.2 Å². The first-order chi connectivity index (χ1) is 15.0. The maximum absolute atomic E-state index is 12.6. The van der Waals surface area contributed by atoms with Gasteiger partial charge in [-0.1, -0.05) is 30.4 Å². The SMILES string of the molecule is Cc1cc(C)n(Cc2ccc(C(=O)Nc3nnc(CCN4CCC(C)CC4)s3)cc2)n1. The Bertz CT molecular complexity index is 1020. The van der Waals surface area contributed by atoms with Crippen LogP contribution in [0.4, 0.5) is 5.13 Å². The number of carbonyl (C=O) groups is 1. The van der Waals surface area contributed by atoms with Crippen molar-refractivity contribution < 1.29 is 4.79 Å². The number of carbonyl (C=O) groups excluding carboxylic acids is 1. The fourth-order valence-corrected chi connectivity index (χ4v) is 4.61. The van der Waals surface area contributed by atoms with Crippen molar-refractivity contribution in [2.24, 2.45) is 5.92 Å². The van der Waals surface area contributed by atoms with Crippen LogP contribution in [0.2, 0.25) is 0 Å². The lowest BCUT2D eigenvalue weighted by atomic mass is 9.99. The Kier molecular flexibility index (Phi) is 6.77. The second kappa shape index (κ2) is 9.70. The topological polar surface area (TPSA) is 75.9 Å². The van der Waals surface area contributed by atoms with Crippen LogP contribution in [0.5, 0.6) is 0 Å². The Morgan fingerprint density at radius 3 is 2.58 bits per heavy atom. The highest BCUT2D eigenvalue weighted by Gasteiger charge is 2.16. The summed E-state index contributed by atoms with van der Waals surface area (Å²) in [6.07, 6.45) is 3.43. The fraction of sp³-hybridized carbons (Fsp3) is 0.478. The van der Waals surface area contributed by atoms with Gasteiger partial charge < -0.3 is 4.90 Å². The lowest BCUT2D eigenvalue weighted by Crippen LogP contribution is -2.34. The lowest BCUT2D eigenvalue weighted by molar-refractivity contribution is 0.102. The smallest absolute Gasteiger partial charge is 0.257 e. The summed E-state index contributed by atoms with van der Waals surface area (Å²) in [5.41, 5.74) is 3.85. The first-order valence-corrected chi connectivity index (χ1v) is 11.7. The third-order valence-corrected chi connectivity index (χ3v) is 6.76. The highest BCUT2D eigenvalue weighted by atomic mass is 32.1. The third-order valence-electron chi connectivity index (χ3n) is 5.86. The van der Waals surface area contributed by atoms with Crippen LogP contribution in [0.15, 0.2) is 30.3 Å². The van der Waals surface area contributed by atoms with Gasteiger partial charge in [0.25, 0.3) is 5.91 Å². The van der Waals surface area contributed by atoms with Gasteiger partial charge in [-0.2, -0.15) is 5.10 Å². The van der Waals surface area contributed by atoms with Crippen LogP contribution >= 0.6 is 11.3 Å². The number of amides is 1. The highest BCUT2D eigenvalue weighted by Crippen LogP contribution is 2.20. The van der Waals surface area contributed by atoms with E-state index in [4.69, 9.17) is 0 Å². The fourth-order valence-electron chi connectivity index (χ4n) is 3.88. The molecular weight excluding hydrogens is 408 g/mol. The molecule has 0 radical (unpaired) electrons. The molecule has 1 aliphatic rings. The van der Waals surface area contributed by atoms with Gasteiger partial charge in [0.05, 0.1) is 12.2 Å². The van der Waals surface area contributed by atoms with Gasteiger partial charge in [0.2, 0.25) is 5.13 Å². The summed E-state index contributed by atoms with van der Waals surface area (Å²) in [6, 6.07) is 9.68. The molecule has 3 heterocycles. The van der Waals surface area contributed by atoms with Crippen LogP contribution in [0.1, 0.15) is 52.1 Å². The van der Waals surface area contributed by atoms with E-state index < -0.39 is 0 Å². The van der Waals surface area contributed by atoms with E-state index in [2.05, 4.69) is 38.5 Å². The second-order valence-corrected chi connectivity index (χ2v) is 9.57. The summed E-state index contributed by atoms with van der Waals surface area (Å²) >= 11 is 1.46. The monoisotopic (exact) mass is 438 g/mol. The Morgan fingerprint density at radius 2 is 1.90 bits per heavy atom. The molecule has 7 nitrogen and oxygen atoms in total. The molecule has 1 saturated heterocycles. The van der Waals surface area contributed by atoms with Gasteiger partial charge >= 0.3 is 0 Å². The average Bonchev–Trinajstić information content (AvgIpc) is 3.33. The normalized spacial score (nSPS) is 15.3. The van der Waals surface area contributed by atoms with Gasteiger partial charge in [-0.05, 0) is 69.5 Å².